The molecule has 0 heterocycles. The molecule has 0 aliphatic rings. The van der Waals surface area contributed by atoms with E-state index in [9.17, 15) is 0 Å². The van der Waals surface area contributed by atoms with E-state index < -0.39 is 0 Å². The summed E-state index contributed by atoms with van der Waals surface area (Å²) in [5.74, 6) is 1.53. The maximum Gasteiger partial charge on any atom is 0.119 e. The maximum absolute atomic E-state index is 8.70. The molecule has 4 N–H and O–H groups in total. The van der Waals surface area contributed by atoms with E-state index in [0.717, 1.165) is 36.3 Å². The van der Waals surface area contributed by atoms with Gasteiger partial charge in [0.25, 0.3) is 0 Å². The Morgan fingerprint density at radius 3 is 1.44 bits per heavy atom. The molecular formula is C26H40O8. The highest BCUT2D eigenvalue weighted by Crippen LogP contribution is 2.17. The number of rotatable bonds is 18. The second-order valence-corrected chi connectivity index (χ2v) is 7.48. The van der Waals surface area contributed by atoms with Crippen molar-refractivity contribution in [1.82, 2.24) is 0 Å². The third-order valence-electron chi connectivity index (χ3n) is 4.56. The van der Waals surface area contributed by atoms with Crippen LogP contribution in [-0.4, -0.2) is 66.7 Å². The number of unbranched alkanes of at least 4 members (excludes halogenated alkanes) is 1. The van der Waals surface area contributed by atoms with Crippen LogP contribution in [0.4, 0.5) is 0 Å². The van der Waals surface area contributed by atoms with Gasteiger partial charge in [-0.15, -0.1) is 0 Å². The highest BCUT2D eigenvalue weighted by Gasteiger charge is 1.98. The van der Waals surface area contributed by atoms with Gasteiger partial charge >= 0.3 is 0 Å². The van der Waals surface area contributed by atoms with Gasteiger partial charge in [0.05, 0.1) is 19.8 Å². The lowest BCUT2D eigenvalue weighted by Gasteiger charge is -2.07. The molecule has 2 aromatic carbocycles. The van der Waals surface area contributed by atoms with Crippen LogP contribution in [0.1, 0.15) is 43.2 Å². The largest absolute Gasteiger partial charge is 0.494 e. The summed E-state index contributed by atoms with van der Waals surface area (Å²) in [4.78, 5) is 9.92. The molecule has 34 heavy (non-hydrogen) atoms. The SMILES string of the molecule is OCCCCc1ccc(COOCCCO)cc1.OCCCOc1ccc(OCCCO)cc1. The van der Waals surface area contributed by atoms with Crippen molar-refractivity contribution in [3.63, 3.8) is 0 Å². The summed E-state index contributed by atoms with van der Waals surface area (Å²) >= 11 is 0. The van der Waals surface area contributed by atoms with Gasteiger partial charge in [0.1, 0.15) is 18.1 Å². The number of aliphatic hydroxyl groups is 4. The van der Waals surface area contributed by atoms with Gasteiger partial charge in [0, 0.05) is 39.3 Å². The number of benzene rings is 2. The van der Waals surface area contributed by atoms with Crippen molar-refractivity contribution >= 4 is 0 Å². The molecule has 0 aliphatic heterocycles. The predicted octanol–water partition coefficient (Wildman–Crippen LogP) is 3.04. The third kappa shape index (κ3) is 15.6. The molecule has 192 valence electrons. The summed E-state index contributed by atoms with van der Waals surface area (Å²) in [6.45, 7) is 2.52. The Bertz CT molecular complexity index is 662. The topological polar surface area (TPSA) is 118 Å². The van der Waals surface area contributed by atoms with E-state index in [1.807, 2.05) is 36.4 Å². The molecule has 8 nitrogen and oxygen atoms in total. The molecule has 0 aromatic heterocycles. The Kier molecular flexibility index (Phi) is 18.7. The van der Waals surface area contributed by atoms with Crippen LogP contribution in [0.5, 0.6) is 11.5 Å². The average molecular weight is 481 g/mol. The van der Waals surface area contributed by atoms with E-state index >= 15 is 0 Å². The molecule has 0 atom stereocenters. The normalized spacial score (nSPS) is 10.5. The van der Waals surface area contributed by atoms with Gasteiger partial charge in [-0.1, -0.05) is 24.3 Å². The molecule has 0 aliphatic carbocycles. The zero-order valence-electron chi connectivity index (χ0n) is 19.9. The van der Waals surface area contributed by atoms with E-state index in [1.54, 1.807) is 0 Å². The first kappa shape index (κ1) is 29.8. The van der Waals surface area contributed by atoms with Crippen molar-refractivity contribution in [2.24, 2.45) is 0 Å². The lowest BCUT2D eigenvalue weighted by atomic mass is 10.1. The molecule has 0 saturated carbocycles. The second-order valence-electron chi connectivity index (χ2n) is 7.48. The van der Waals surface area contributed by atoms with Gasteiger partial charge in [-0.25, -0.2) is 9.78 Å². The summed E-state index contributed by atoms with van der Waals surface area (Å²) in [5, 5.41) is 34.4. The fourth-order valence-electron chi connectivity index (χ4n) is 2.68. The number of aryl methyl sites for hydroxylation is 1. The third-order valence-corrected chi connectivity index (χ3v) is 4.56. The van der Waals surface area contributed by atoms with Crippen molar-refractivity contribution in [3.05, 3.63) is 59.7 Å². The van der Waals surface area contributed by atoms with E-state index in [0.29, 0.717) is 45.7 Å². The minimum atomic E-state index is 0.117. The van der Waals surface area contributed by atoms with Crippen LogP contribution in [0, 0.1) is 0 Å². The minimum Gasteiger partial charge on any atom is -0.494 e. The molecule has 8 heteroatoms. The van der Waals surface area contributed by atoms with Gasteiger partial charge in [-0.3, -0.25) is 0 Å². The van der Waals surface area contributed by atoms with Gasteiger partial charge in [0.2, 0.25) is 0 Å². The van der Waals surface area contributed by atoms with Crippen LogP contribution < -0.4 is 9.47 Å². The van der Waals surface area contributed by atoms with Gasteiger partial charge in [-0.05, 0) is 61.1 Å². The van der Waals surface area contributed by atoms with Crippen LogP contribution in [0.3, 0.4) is 0 Å². The maximum atomic E-state index is 8.70. The zero-order chi connectivity index (χ0) is 24.7. The standard InChI is InChI=1S/C14H22O4.C12H18O4/c15-9-2-1-4-13-5-7-14(8-6-13)12-18-17-11-3-10-16;13-7-1-9-15-11-3-5-12(6-4-11)16-10-2-8-14/h5-8,15-16H,1-4,9-12H2;3-6,13-14H,1-2,7-10H2. The van der Waals surface area contributed by atoms with Crippen molar-refractivity contribution in [2.75, 3.05) is 46.2 Å². The van der Waals surface area contributed by atoms with E-state index in [2.05, 4.69) is 12.1 Å². The number of hydrogen-bond acceptors (Lipinski definition) is 8. The van der Waals surface area contributed by atoms with Crippen LogP contribution >= 0.6 is 0 Å². The van der Waals surface area contributed by atoms with Crippen LogP contribution in [-0.2, 0) is 22.8 Å². The van der Waals surface area contributed by atoms with Crippen molar-refractivity contribution in [3.8, 4) is 11.5 Å². The first-order valence-electron chi connectivity index (χ1n) is 11.8. The number of hydrogen-bond donors (Lipinski definition) is 4. The quantitative estimate of drug-likeness (QED) is 0.146. The zero-order valence-corrected chi connectivity index (χ0v) is 19.9. The Morgan fingerprint density at radius 1 is 0.471 bits per heavy atom. The van der Waals surface area contributed by atoms with Crippen LogP contribution in [0.2, 0.25) is 0 Å². The molecule has 0 fully saturated rings. The molecule has 0 saturated heterocycles. The highest BCUT2D eigenvalue weighted by atomic mass is 17.2. The van der Waals surface area contributed by atoms with Gasteiger partial charge in [0.15, 0.2) is 0 Å². The highest BCUT2D eigenvalue weighted by molar-refractivity contribution is 5.31. The van der Waals surface area contributed by atoms with Crippen LogP contribution in [0.25, 0.3) is 0 Å². The van der Waals surface area contributed by atoms with Crippen molar-refractivity contribution in [1.29, 1.82) is 0 Å². The fraction of sp³-hybridized carbons (Fsp3) is 0.538. The first-order chi connectivity index (χ1) is 16.7. The fourth-order valence-corrected chi connectivity index (χ4v) is 2.68. The number of aliphatic hydroxyl groups excluding tert-OH is 4. The summed E-state index contributed by atoms with van der Waals surface area (Å²) in [7, 11) is 0. The Labute approximate surface area is 202 Å². The molecule has 2 rings (SSSR count). The van der Waals surface area contributed by atoms with E-state index in [1.165, 1.54) is 5.56 Å². The Hall–Kier alpha value is -2.20. The molecule has 0 radical (unpaired) electrons. The summed E-state index contributed by atoms with van der Waals surface area (Å²) in [5.41, 5.74) is 2.33. The molecule has 0 bridgehead atoms. The van der Waals surface area contributed by atoms with E-state index in [-0.39, 0.29) is 26.4 Å². The second kappa shape index (κ2) is 21.3. The minimum absolute atomic E-state index is 0.117. The van der Waals surface area contributed by atoms with Crippen molar-refractivity contribution < 1.29 is 39.7 Å². The molecule has 0 amide bonds. The van der Waals surface area contributed by atoms with Gasteiger partial charge in [-0.2, -0.15) is 0 Å². The average Bonchev–Trinajstić information content (AvgIpc) is 2.87. The Morgan fingerprint density at radius 2 is 0.941 bits per heavy atom. The van der Waals surface area contributed by atoms with E-state index in [4.69, 9.17) is 39.7 Å². The summed E-state index contributed by atoms with van der Waals surface area (Å²) in [6.07, 6.45) is 4.71. The number of ether oxygens (including phenoxy) is 2. The first-order valence-corrected chi connectivity index (χ1v) is 11.8. The summed E-state index contributed by atoms with van der Waals surface area (Å²) < 4.78 is 10.7. The lowest BCUT2D eigenvalue weighted by molar-refractivity contribution is -0.304. The smallest absolute Gasteiger partial charge is 0.119 e. The predicted molar refractivity (Wildman–Crippen MR) is 130 cm³/mol. The molecule has 0 unspecified atom stereocenters. The van der Waals surface area contributed by atoms with Crippen molar-refractivity contribution in [2.45, 2.75) is 45.1 Å². The Balaban J connectivity index is 0.000000342. The van der Waals surface area contributed by atoms with Gasteiger partial charge < -0.3 is 29.9 Å². The molecular weight excluding hydrogens is 440 g/mol. The lowest BCUT2D eigenvalue weighted by Crippen LogP contribution is -2.01. The van der Waals surface area contributed by atoms with Crippen LogP contribution in [0.15, 0.2) is 48.5 Å². The molecule has 2 aromatic rings. The summed E-state index contributed by atoms with van der Waals surface area (Å²) in [6, 6.07) is 15.5. The monoisotopic (exact) mass is 480 g/mol. The molecule has 0 spiro atoms.